The Morgan fingerprint density at radius 1 is 1.26 bits per heavy atom. The van der Waals surface area contributed by atoms with Gasteiger partial charge in [0.2, 0.25) is 0 Å². The van der Waals surface area contributed by atoms with Crippen LogP contribution in [0.15, 0.2) is 48.0 Å². The normalized spacial score (nSPS) is 11.1. The molecule has 0 aromatic heterocycles. The topological polar surface area (TPSA) is 95.5 Å². The van der Waals surface area contributed by atoms with Gasteiger partial charge in [0.05, 0.1) is 4.92 Å². The molecule has 0 fully saturated rings. The first-order valence-electron chi connectivity index (χ1n) is 6.57. The van der Waals surface area contributed by atoms with E-state index in [1.807, 2.05) is 0 Å². The highest BCUT2D eigenvalue weighted by atomic mass is 35.5. The number of carbonyl (C=O) groups excluding carboxylic acids is 1. The van der Waals surface area contributed by atoms with Crippen molar-refractivity contribution in [2.45, 2.75) is 6.92 Å². The predicted octanol–water partition coefficient (Wildman–Crippen LogP) is 3.84. The third-order valence-corrected chi connectivity index (χ3v) is 3.24. The summed E-state index contributed by atoms with van der Waals surface area (Å²) in [7, 11) is 0. The molecule has 0 aliphatic heterocycles. The second kappa shape index (κ2) is 6.93. The van der Waals surface area contributed by atoms with Crippen molar-refractivity contribution in [1.82, 2.24) is 0 Å². The molecule has 0 saturated heterocycles. The Balaban J connectivity index is 2.13. The fourth-order valence-corrected chi connectivity index (χ4v) is 1.97. The lowest BCUT2D eigenvalue weighted by molar-refractivity contribution is -0.384. The standard InChI is InChI=1S/C16H13ClN2O4/c1-10(8-11-2-3-12(17)9-15(11)18)16(20)23-14-6-4-13(5-7-14)19(21)22/h2-9H,18H2,1H3/b10-8+. The molecule has 2 N–H and O–H groups in total. The molecule has 2 rings (SSSR count). The molecule has 0 aliphatic carbocycles. The van der Waals surface area contributed by atoms with Gasteiger partial charge in [-0.05, 0) is 42.8 Å². The minimum absolute atomic E-state index is 0.0778. The fourth-order valence-electron chi connectivity index (χ4n) is 1.79. The lowest BCUT2D eigenvalue weighted by Crippen LogP contribution is -2.09. The highest BCUT2D eigenvalue weighted by Crippen LogP contribution is 2.22. The van der Waals surface area contributed by atoms with Crippen LogP contribution in [0.4, 0.5) is 11.4 Å². The summed E-state index contributed by atoms with van der Waals surface area (Å²) >= 11 is 5.82. The molecule has 0 saturated carbocycles. The molecular weight excluding hydrogens is 320 g/mol. The van der Waals surface area contributed by atoms with Crippen molar-refractivity contribution >= 4 is 35.0 Å². The van der Waals surface area contributed by atoms with Crippen molar-refractivity contribution in [3.63, 3.8) is 0 Å². The van der Waals surface area contributed by atoms with Crippen LogP contribution in [0.1, 0.15) is 12.5 Å². The number of hydrogen-bond acceptors (Lipinski definition) is 5. The number of halogens is 1. The number of non-ortho nitro benzene ring substituents is 1. The Morgan fingerprint density at radius 2 is 1.91 bits per heavy atom. The third kappa shape index (κ3) is 4.31. The number of carbonyl (C=O) groups is 1. The van der Waals surface area contributed by atoms with Crippen LogP contribution >= 0.6 is 11.6 Å². The van der Waals surface area contributed by atoms with Crippen molar-refractivity contribution in [3.05, 3.63) is 68.7 Å². The third-order valence-electron chi connectivity index (χ3n) is 3.00. The van der Waals surface area contributed by atoms with Gasteiger partial charge in [0.25, 0.3) is 5.69 Å². The smallest absolute Gasteiger partial charge is 0.339 e. The van der Waals surface area contributed by atoms with E-state index in [4.69, 9.17) is 22.1 Å². The first kappa shape index (κ1) is 16.5. The molecule has 2 aromatic carbocycles. The van der Waals surface area contributed by atoms with Crippen molar-refractivity contribution < 1.29 is 14.5 Å². The molecule has 0 radical (unpaired) electrons. The van der Waals surface area contributed by atoms with Crippen molar-refractivity contribution in [1.29, 1.82) is 0 Å². The van der Waals surface area contributed by atoms with Gasteiger partial charge in [-0.1, -0.05) is 17.7 Å². The predicted molar refractivity (Wildman–Crippen MR) is 88.2 cm³/mol. The molecule has 0 bridgehead atoms. The van der Waals surface area contributed by atoms with Gasteiger partial charge >= 0.3 is 5.97 Å². The van der Waals surface area contributed by atoms with Crippen LogP contribution in [0.5, 0.6) is 5.75 Å². The van der Waals surface area contributed by atoms with Gasteiger partial charge in [-0.15, -0.1) is 0 Å². The quantitative estimate of drug-likeness (QED) is 0.229. The zero-order valence-electron chi connectivity index (χ0n) is 12.2. The summed E-state index contributed by atoms with van der Waals surface area (Å²) < 4.78 is 5.15. The Kier molecular flexibility index (Phi) is 4.98. The SMILES string of the molecule is C/C(=C\c1ccc(Cl)cc1N)C(=O)Oc1ccc([N+](=O)[O-])cc1. The van der Waals surface area contributed by atoms with Crippen LogP contribution in [0.2, 0.25) is 5.02 Å². The van der Waals surface area contributed by atoms with Crippen molar-refractivity contribution in [2.24, 2.45) is 0 Å². The highest BCUT2D eigenvalue weighted by Gasteiger charge is 2.10. The largest absolute Gasteiger partial charge is 0.423 e. The van der Waals surface area contributed by atoms with Gasteiger partial charge in [-0.25, -0.2) is 4.79 Å². The lowest BCUT2D eigenvalue weighted by atomic mass is 10.1. The average Bonchev–Trinajstić information content (AvgIpc) is 2.50. The van der Waals surface area contributed by atoms with E-state index in [-0.39, 0.29) is 11.4 Å². The second-order valence-corrected chi connectivity index (χ2v) is 5.18. The van der Waals surface area contributed by atoms with E-state index in [2.05, 4.69) is 0 Å². The van der Waals surface area contributed by atoms with E-state index in [1.54, 1.807) is 31.2 Å². The number of nitro benzene ring substituents is 1. The van der Waals surface area contributed by atoms with Crippen LogP contribution < -0.4 is 10.5 Å². The van der Waals surface area contributed by atoms with E-state index < -0.39 is 10.9 Å². The Morgan fingerprint density at radius 3 is 2.48 bits per heavy atom. The first-order valence-corrected chi connectivity index (χ1v) is 6.94. The zero-order chi connectivity index (χ0) is 17.0. The van der Waals surface area contributed by atoms with Gasteiger partial charge < -0.3 is 10.5 Å². The monoisotopic (exact) mass is 332 g/mol. The first-order chi connectivity index (χ1) is 10.9. The van der Waals surface area contributed by atoms with Crippen LogP contribution in [0.3, 0.4) is 0 Å². The number of rotatable bonds is 4. The number of esters is 1. The van der Waals surface area contributed by atoms with Gasteiger partial charge in [-0.3, -0.25) is 10.1 Å². The minimum atomic E-state index is -0.576. The maximum absolute atomic E-state index is 12.0. The van der Waals surface area contributed by atoms with E-state index >= 15 is 0 Å². The summed E-state index contributed by atoms with van der Waals surface area (Å²) in [6.45, 7) is 1.59. The Labute approximate surface area is 137 Å². The number of benzene rings is 2. The maximum Gasteiger partial charge on any atom is 0.339 e. The van der Waals surface area contributed by atoms with Gasteiger partial charge in [0.1, 0.15) is 5.75 Å². The summed E-state index contributed by atoms with van der Waals surface area (Å²) in [6.07, 6.45) is 1.58. The number of nitro groups is 1. The van der Waals surface area contributed by atoms with Gasteiger partial charge in [-0.2, -0.15) is 0 Å². The Bertz CT molecular complexity index is 785. The van der Waals surface area contributed by atoms with Gasteiger partial charge in [0.15, 0.2) is 0 Å². The number of nitrogen functional groups attached to an aromatic ring is 1. The number of nitrogens with two attached hydrogens (primary N) is 1. The molecule has 23 heavy (non-hydrogen) atoms. The summed E-state index contributed by atoms with van der Waals surface area (Å²) in [5.74, 6) is -0.356. The summed E-state index contributed by atoms with van der Waals surface area (Å²) in [5, 5.41) is 11.1. The van der Waals surface area contributed by atoms with Gasteiger partial charge in [0, 0.05) is 28.4 Å². The van der Waals surface area contributed by atoms with Crippen molar-refractivity contribution in [3.8, 4) is 5.75 Å². The molecule has 6 nitrogen and oxygen atoms in total. The molecule has 0 aliphatic rings. The lowest BCUT2D eigenvalue weighted by Gasteiger charge is -2.06. The molecule has 0 amide bonds. The number of nitrogens with zero attached hydrogens (tertiary/aromatic N) is 1. The molecular formula is C16H13ClN2O4. The molecule has 0 atom stereocenters. The van der Waals surface area contributed by atoms with E-state index in [1.165, 1.54) is 24.3 Å². The van der Waals surface area contributed by atoms with E-state index in [0.717, 1.165) is 0 Å². The molecule has 0 unspecified atom stereocenters. The summed E-state index contributed by atoms with van der Waals surface area (Å²) in [5.41, 5.74) is 7.17. The van der Waals surface area contributed by atoms with Crippen LogP contribution in [0, 0.1) is 10.1 Å². The molecule has 0 heterocycles. The number of ether oxygens (including phenoxy) is 1. The molecule has 7 heteroatoms. The maximum atomic E-state index is 12.0. The van der Waals surface area contributed by atoms with E-state index in [9.17, 15) is 14.9 Å². The summed E-state index contributed by atoms with van der Waals surface area (Å²) in [6, 6.07) is 10.2. The Hall–Kier alpha value is -2.86. The zero-order valence-corrected chi connectivity index (χ0v) is 12.9. The molecule has 0 spiro atoms. The summed E-state index contributed by atoms with van der Waals surface area (Å²) in [4.78, 5) is 22.1. The van der Waals surface area contributed by atoms with Crippen LogP contribution in [-0.4, -0.2) is 10.9 Å². The fraction of sp³-hybridized carbons (Fsp3) is 0.0625. The highest BCUT2D eigenvalue weighted by molar-refractivity contribution is 6.30. The second-order valence-electron chi connectivity index (χ2n) is 4.74. The molecule has 2 aromatic rings. The number of anilines is 1. The van der Waals surface area contributed by atoms with Crippen LogP contribution in [-0.2, 0) is 4.79 Å². The number of hydrogen-bond donors (Lipinski definition) is 1. The minimum Gasteiger partial charge on any atom is -0.423 e. The van der Waals surface area contributed by atoms with Crippen LogP contribution in [0.25, 0.3) is 6.08 Å². The average molecular weight is 333 g/mol. The molecule has 118 valence electrons. The van der Waals surface area contributed by atoms with Crippen molar-refractivity contribution in [2.75, 3.05) is 5.73 Å². The van der Waals surface area contributed by atoms with E-state index in [0.29, 0.717) is 21.8 Å².